The number of alkyl halides is 6. The number of likely N-dealkylation sites (tertiary alicyclic amines) is 1. The molecule has 9 heteroatoms. The molecule has 1 fully saturated rings. The molecule has 146 valence electrons. The van der Waals surface area contributed by atoms with Gasteiger partial charge in [0.05, 0.1) is 17.0 Å². The fourth-order valence-corrected chi connectivity index (χ4v) is 3.25. The quantitative estimate of drug-likeness (QED) is 0.771. The van der Waals surface area contributed by atoms with Crippen molar-refractivity contribution in [2.75, 3.05) is 19.6 Å². The summed E-state index contributed by atoms with van der Waals surface area (Å²) in [5, 5.41) is 8.97. The number of benzene rings is 1. The second-order valence-electron chi connectivity index (χ2n) is 6.61. The van der Waals surface area contributed by atoms with Gasteiger partial charge in [-0.15, -0.1) is 0 Å². The van der Waals surface area contributed by atoms with E-state index in [1.807, 2.05) is 0 Å². The van der Waals surface area contributed by atoms with E-state index < -0.39 is 46.8 Å². The molecule has 0 spiro atoms. The zero-order valence-corrected chi connectivity index (χ0v) is 14.0. The monoisotopic (exact) mass is 383 g/mol. The number of hydrogen-bond acceptors (Lipinski definition) is 2. The third-order valence-corrected chi connectivity index (χ3v) is 4.68. The van der Waals surface area contributed by atoms with Crippen molar-refractivity contribution >= 4 is 5.97 Å². The second-order valence-corrected chi connectivity index (χ2v) is 6.61. The zero-order valence-electron chi connectivity index (χ0n) is 14.0. The molecule has 1 saturated heterocycles. The Morgan fingerprint density at radius 1 is 1.15 bits per heavy atom. The molecule has 1 aromatic rings. The van der Waals surface area contributed by atoms with E-state index in [4.69, 9.17) is 5.11 Å². The molecule has 1 aliphatic rings. The molecule has 1 aliphatic heterocycles. The molecule has 1 aromatic carbocycles. The molecule has 0 saturated carbocycles. The lowest BCUT2D eigenvalue weighted by Gasteiger charge is -2.32. The van der Waals surface area contributed by atoms with Crippen molar-refractivity contribution in [3.8, 4) is 0 Å². The van der Waals surface area contributed by atoms with Crippen LogP contribution in [-0.2, 0) is 17.1 Å². The molecule has 2 rings (SSSR count). The second kappa shape index (κ2) is 7.46. The predicted molar refractivity (Wildman–Crippen MR) is 81.7 cm³/mol. The van der Waals surface area contributed by atoms with Gasteiger partial charge in [-0.25, -0.2) is 0 Å². The van der Waals surface area contributed by atoms with Crippen molar-refractivity contribution in [3.05, 3.63) is 34.9 Å². The summed E-state index contributed by atoms with van der Waals surface area (Å²) in [5.41, 5.74) is -2.58. The number of carboxylic acid groups (broad SMARTS) is 1. The maximum Gasteiger partial charge on any atom is 0.416 e. The lowest BCUT2D eigenvalue weighted by Crippen LogP contribution is -2.38. The number of aliphatic carboxylic acids is 1. The Balaban J connectivity index is 2.21. The molecule has 0 bridgehead atoms. The Morgan fingerprint density at radius 2 is 1.73 bits per heavy atom. The van der Waals surface area contributed by atoms with Crippen molar-refractivity contribution in [1.82, 2.24) is 4.90 Å². The Morgan fingerprint density at radius 3 is 2.19 bits per heavy atom. The maximum atomic E-state index is 13.2. The van der Waals surface area contributed by atoms with Crippen LogP contribution in [0.15, 0.2) is 18.2 Å². The molecule has 3 nitrogen and oxygen atoms in total. The first-order chi connectivity index (χ1) is 11.9. The largest absolute Gasteiger partial charge is 0.481 e. The van der Waals surface area contributed by atoms with E-state index in [1.165, 1.54) is 6.92 Å². The van der Waals surface area contributed by atoms with Crippen LogP contribution in [0.4, 0.5) is 26.3 Å². The van der Waals surface area contributed by atoms with Gasteiger partial charge in [-0.05, 0) is 55.6 Å². The van der Waals surface area contributed by atoms with Gasteiger partial charge < -0.3 is 10.0 Å². The van der Waals surface area contributed by atoms with Gasteiger partial charge >= 0.3 is 18.3 Å². The van der Waals surface area contributed by atoms with Gasteiger partial charge in [0.1, 0.15) is 0 Å². The van der Waals surface area contributed by atoms with Gasteiger partial charge in [0.2, 0.25) is 0 Å². The average molecular weight is 383 g/mol. The molecule has 0 amide bonds. The van der Waals surface area contributed by atoms with Crippen LogP contribution in [-0.4, -0.2) is 35.6 Å². The summed E-state index contributed by atoms with van der Waals surface area (Å²) in [7, 11) is 0. The van der Waals surface area contributed by atoms with Crippen molar-refractivity contribution < 1.29 is 36.2 Å². The first-order valence-electron chi connectivity index (χ1n) is 8.13. The van der Waals surface area contributed by atoms with Crippen LogP contribution >= 0.6 is 0 Å². The average Bonchev–Trinajstić information content (AvgIpc) is 2.53. The minimum Gasteiger partial charge on any atom is -0.481 e. The normalized spacial score (nSPS) is 18.7. The molecule has 1 atom stereocenters. The van der Waals surface area contributed by atoms with Crippen LogP contribution < -0.4 is 0 Å². The SMILES string of the molecule is C[C@H](CN1CCC(C(=O)O)CC1)c1cc(C(F)(F)F)ccc1C(F)(F)F. The van der Waals surface area contributed by atoms with Gasteiger partial charge in [-0.1, -0.05) is 6.92 Å². The highest BCUT2D eigenvalue weighted by Crippen LogP contribution is 2.39. The van der Waals surface area contributed by atoms with Crippen LogP contribution in [0, 0.1) is 5.92 Å². The molecule has 0 aliphatic carbocycles. The van der Waals surface area contributed by atoms with Gasteiger partial charge in [-0.2, -0.15) is 26.3 Å². The highest BCUT2D eigenvalue weighted by Gasteiger charge is 2.38. The van der Waals surface area contributed by atoms with Gasteiger partial charge in [0, 0.05) is 6.54 Å². The van der Waals surface area contributed by atoms with Crippen molar-refractivity contribution in [2.24, 2.45) is 5.92 Å². The fraction of sp³-hybridized carbons (Fsp3) is 0.588. The third kappa shape index (κ3) is 4.90. The summed E-state index contributed by atoms with van der Waals surface area (Å²) in [6.45, 7) is 2.37. The molecular weight excluding hydrogens is 364 g/mol. The molecule has 0 unspecified atom stereocenters. The first kappa shape index (κ1) is 20.5. The van der Waals surface area contributed by atoms with E-state index >= 15 is 0 Å². The van der Waals surface area contributed by atoms with E-state index in [1.54, 1.807) is 4.90 Å². The van der Waals surface area contributed by atoms with Crippen LogP contribution in [0.2, 0.25) is 0 Å². The van der Waals surface area contributed by atoms with Crippen LogP contribution in [0.25, 0.3) is 0 Å². The molecule has 26 heavy (non-hydrogen) atoms. The van der Waals surface area contributed by atoms with E-state index in [-0.39, 0.29) is 6.54 Å². The topological polar surface area (TPSA) is 40.5 Å². The summed E-state index contributed by atoms with van der Waals surface area (Å²) in [6, 6.07) is 1.49. The lowest BCUT2D eigenvalue weighted by molar-refractivity contribution is -0.143. The molecule has 1 N–H and O–H groups in total. The number of hydrogen-bond donors (Lipinski definition) is 1. The summed E-state index contributed by atoms with van der Waals surface area (Å²) >= 11 is 0. The standard InChI is InChI=1S/C17H19F6NO2/c1-10(9-24-6-4-11(5-7-24)15(25)26)13-8-12(16(18,19)20)2-3-14(13)17(21,22)23/h2-3,8,10-11H,4-7,9H2,1H3,(H,25,26)/t10-/m1/s1. The Labute approximate surface area is 146 Å². The Hall–Kier alpha value is -1.77. The number of nitrogens with zero attached hydrogens (tertiary/aromatic N) is 1. The summed E-state index contributed by atoms with van der Waals surface area (Å²) in [6.07, 6.45) is -8.73. The van der Waals surface area contributed by atoms with E-state index in [0.29, 0.717) is 44.1 Å². The summed E-state index contributed by atoms with van der Waals surface area (Å²) in [5.74, 6) is -2.17. The van der Waals surface area contributed by atoms with Gasteiger partial charge in [0.25, 0.3) is 0 Å². The molecular formula is C17H19F6NO2. The van der Waals surface area contributed by atoms with E-state index in [0.717, 1.165) is 0 Å². The fourth-order valence-electron chi connectivity index (χ4n) is 3.25. The number of piperidine rings is 1. The smallest absolute Gasteiger partial charge is 0.416 e. The van der Waals surface area contributed by atoms with Crippen molar-refractivity contribution in [3.63, 3.8) is 0 Å². The number of halogens is 6. The van der Waals surface area contributed by atoms with Crippen molar-refractivity contribution in [2.45, 2.75) is 38.0 Å². The van der Waals surface area contributed by atoms with Gasteiger partial charge in [-0.3, -0.25) is 4.79 Å². The zero-order chi connectivity index (χ0) is 19.7. The Kier molecular flexibility index (Phi) is 5.89. The van der Waals surface area contributed by atoms with Gasteiger partial charge in [0.15, 0.2) is 0 Å². The van der Waals surface area contributed by atoms with Crippen LogP contribution in [0.1, 0.15) is 42.4 Å². The Bertz CT molecular complexity index is 648. The minimum absolute atomic E-state index is 0.136. The number of carboxylic acids is 1. The summed E-state index contributed by atoms with van der Waals surface area (Å²) in [4.78, 5) is 12.7. The highest BCUT2D eigenvalue weighted by molar-refractivity contribution is 5.70. The predicted octanol–water partition coefficient (Wildman–Crippen LogP) is 4.62. The van der Waals surface area contributed by atoms with Crippen molar-refractivity contribution in [1.29, 1.82) is 0 Å². The minimum atomic E-state index is -4.75. The van der Waals surface area contributed by atoms with Crippen LogP contribution in [0.5, 0.6) is 0 Å². The number of carbonyl (C=O) groups is 1. The highest BCUT2D eigenvalue weighted by atomic mass is 19.4. The lowest BCUT2D eigenvalue weighted by atomic mass is 9.91. The third-order valence-electron chi connectivity index (χ3n) is 4.68. The molecule has 0 radical (unpaired) electrons. The van der Waals surface area contributed by atoms with Crippen LogP contribution in [0.3, 0.4) is 0 Å². The summed E-state index contributed by atoms with van der Waals surface area (Å²) < 4.78 is 78.3. The van der Waals surface area contributed by atoms with E-state index in [2.05, 4.69) is 0 Å². The first-order valence-corrected chi connectivity index (χ1v) is 8.13. The molecule has 0 aromatic heterocycles. The maximum absolute atomic E-state index is 13.2. The van der Waals surface area contributed by atoms with E-state index in [9.17, 15) is 31.1 Å². The molecule has 1 heterocycles. The number of rotatable bonds is 4.